The molecule has 0 unspecified atom stereocenters. The number of likely N-dealkylation sites (N-methyl/N-ethyl adjacent to an activating group) is 1. The van der Waals surface area contributed by atoms with E-state index in [1.54, 1.807) is 18.2 Å². The zero-order valence-corrected chi connectivity index (χ0v) is 18.7. The van der Waals surface area contributed by atoms with Gasteiger partial charge in [0.15, 0.2) is 0 Å². The van der Waals surface area contributed by atoms with Crippen molar-refractivity contribution in [2.75, 3.05) is 40.3 Å². The summed E-state index contributed by atoms with van der Waals surface area (Å²) in [5.74, 6) is 1.11. The summed E-state index contributed by atoms with van der Waals surface area (Å²) in [4.78, 5) is 29.0. The fourth-order valence-electron chi connectivity index (χ4n) is 4.71. The van der Waals surface area contributed by atoms with Crippen molar-refractivity contribution in [1.29, 1.82) is 0 Å². The van der Waals surface area contributed by atoms with Gasteiger partial charge in [0.1, 0.15) is 11.9 Å². The number of carbonyl (C=O) groups excluding carboxylic acids is 2. The largest absolute Gasteiger partial charge is 0.489 e. The van der Waals surface area contributed by atoms with Gasteiger partial charge in [-0.2, -0.15) is 0 Å². The minimum atomic E-state index is -0.138. The van der Waals surface area contributed by atoms with E-state index >= 15 is 0 Å². The summed E-state index contributed by atoms with van der Waals surface area (Å²) < 4.78 is 6.10. The molecule has 2 amide bonds. The summed E-state index contributed by atoms with van der Waals surface area (Å²) in [7, 11) is 3.93. The summed E-state index contributed by atoms with van der Waals surface area (Å²) in [5, 5.41) is 3.33. The molecule has 3 fully saturated rings. The van der Waals surface area contributed by atoms with E-state index in [0.717, 1.165) is 38.9 Å². The second kappa shape index (κ2) is 8.75. The maximum absolute atomic E-state index is 12.7. The lowest BCUT2D eigenvalue weighted by atomic mass is 9.79. The molecule has 0 bridgehead atoms. The minimum absolute atomic E-state index is 0.0446. The SMILES string of the molecule is CN(C)CCNC(=O)c1ccc(OC2CCN(C(=O)[C@@H]3CC34CCC4)CC2)c(Cl)c1. The standard InChI is InChI=1S/C23H32ClN3O3/c1-26(2)13-10-25-21(28)16-4-5-20(19(24)14-16)30-17-6-11-27(12-7-17)22(29)18-15-23(18)8-3-9-23/h4-5,14,17-18H,3,6-13,15H2,1-2H3,(H,25,28)/t18-/m0/s1. The molecule has 2 saturated carbocycles. The third kappa shape index (κ3) is 4.59. The van der Waals surface area contributed by atoms with E-state index in [4.69, 9.17) is 16.3 Å². The quantitative estimate of drug-likeness (QED) is 0.717. The lowest BCUT2D eigenvalue weighted by molar-refractivity contribution is -0.135. The Morgan fingerprint density at radius 2 is 2.00 bits per heavy atom. The van der Waals surface area contributed by atoms with Gasteiger partial charge in [-0.05, 0) is 57.0 Å². The van der Waals surface area contributed by atoms with Crippen LogP contribution in [0.1, 0.15) is 48.9 Å². The fourth-order valence-corrected chi connectivity index (χ4v) is 4.93. The fraction of sp³-hybridized carbons (Fsp3) is 0.652. The Bertz CT molecular complexity index is 801. The van der Waals surface area contributed by atoms with Crippen LogP contribution < -0.4 is 10.1 Å². The van der Waals surface area contributed by atoms with E-state index < -0.39 is 0 Å². The summed E-state index contributed by atoms with van der Waals surface area (Å²) in [6, 6.07) is 5.17. The van der Waals surface area contributed by atoms with Crippen LogP contribution in [0.3, 0.4) is 0 Å². The van der Waals surface area contributed by atoms with Gasteiger partial charge in [0.05, 0.1) is 5.02 Å². The van der Waals surface area contributed by atoms with Gasteiger partial charge < -0.3 is 19.9 Å². The van der Waals surface area contributed by atoms with Crippen LogP contribution in [0.5, 0.6) is 5.75 Å². The van der Waals surface area contributed by atoms with Crippen molar-refractivity contribution in [2.45, 2.75) is 44.6 Å². The molecule has 6 nitrogen and oxygen atoms in total. The van der Waals surface area contributed by atoms with Gasteiger partial charge in [0.25, 0.3) is 5.91 Å². The van der Waals surface area contributed by atoms with E-state index in [1.807, 2.05) is 23.9 Å². The van der Waals surface area contributed by atoms with E-state index in [2.05, 4.69) is 5.32 Å². The number of ether oxygens (including phenoxy) is 1. The third-order valence-corrected chi connectivity index (χ3v) is 7.22. The van der Waals surface area contributed by atoms with Crippen LogP contribution in [0, 0.1) is 11.3 Å². The van der Waals surface area contributed by atoms with Gasteiger partial charge in [-0.25, -0.2) is 0 Å². The molecule has 30 heavy (non-hydrogen) atoms. The number of halogens is 1. The molecule has 3 aliphatic rings. The highest BCUT2D eigenvalue weighted by Gasteiger charge is 2.61. The summed E-state index contributed by atoms with van der Waals surface area (Å²) in [5.41, 5.74) is 0.916. The van der Waals surface area contributed by atoms with Gasteiger partial charge in [0.2, 0.25) is 5.91 Å². The molecular weight excluding hydrogens is 402 g/mol. The molecule has 1 aromatic carbocycles. The molecule has 2 aliphatic carbocycles. The molecule has 1 atom stereocenters. The normalized spacial score (nSPS) is 22.7. The van der Waals surface area contributed by atoms with Crippen molar-refractivity contribution in [3.8, 4) is 5.75 Å². The number of piperidine rings is 1. The van der Waals surface area contributed by atoms with Gasteiger partial charge in [0, 0.05) is 50.5 Å². The highest BCUT2D eigenvalue weighted by atomic mass is 35.5. The Labute approximate surface area is 183 Å². The van der Waals surface area contributed by atoms with Crippen molar-refractivity contribution in [1.82, 2.24) is 15.1 Å². The average molecular weight is 434 g/mol. The maximum Gasteiger partial charge on any atom is 0.251 e. The Morgan fingerprint density at radius 1 is 1.27 bits per heavy atom. The predicted octanol–water partition coefficient (Wildman–Crippen LogP) is 3.19. The Balaban J connectivity index is 1.25. The molecule has 7 heteroatoms. The van der Waals surface area contributed by atoms with Crippen LogP contribution in [-0.2, 0) is 4.79 Å². The molecular formula is C23H32ClN3O3. The van der Waals surface area contributed by atoms with Crippen LogP contribution in [0.4, 0.5) is 0 Å². The number of carbonyl (C=O) groups is 2. The first-order valence-corrected chi connectivity index (χ1v) is 11.4. The van der Waals surface area contributed by atoms with E-state index in [1.165, 1.54) is 19.3 Å². The molecule has 0 aromatic heterocycles. The van der Waals surface area contributed by atoms with Crippen LogP contribution in [-0.4, -0.2) is 68.0 Å². The minimum Gasteiger partial charge on any atom is -0.489 e. The number of amides is 2. The van der Waals surface area contributed by atoms with Gasteiger partial charge in [-0.1, -0.05) is 18.0 Å². The molecule has 4 rings (SSSR count). The Kier molecular flexibility index (Phi) is 6.26. The topological polar surface area (TPSA) is 61.9 Å². The second-order valence-corrected chi connectivity index (χ2v) is 9.73. The van der Waals surface area contributed by atoms with Crippen molar-refractivity contribution >= 4 is 23.4 Å². The molecule has 1 saturated heterocycles. The van der Waals surface area contributed by atoms with Crippen LogP contribution in [0.15, 0.2) is 18.2 Å². The van der Waals surface area contributed by atoms with E-state index in [9.17, 15) is 9.59 Å². The van der Waals surface area contributed by atoms with Crippen molar-refractivity contribution in [3.05, 3.63) is 28.8 Å². The molecule has 1 spiro atoms. The smallest absolute Gasteiger partial charge is 0.251 e. The number of nitrogens with zero attached hydrogens (tertiary/aromatic N) is 2. The lowest BCUT2D eigenvalue weighted by Gasteiger charge is -2.34. The number of likely N-dealkylation sites (tertiary alicyclic amines) is 1. The Morgan fingerprint density at radius 3 is 2.57 bits per heavy atom. The number of nitrogens with one attached hydrogen (secondary N) is 1. The van der Waals surface area contributed by atoms with Crippen molar-refractivity contribution in [2.24, 2.45) is 11.3 Å². The summed E-state index contributed by atoms with van der Waals surface area (Å²) in [6.07, 6.45) is 6.55. The number of hydrogen-bond donors (Lipinski definition) is 1. The summed E-state index contributed by atoms with van der Waals surface area (Å²) in [6.45, 7) is 2.87. The van der Waals surface area contributed by atoms with Gasteiger partial charge in [-0.3, -0.25) is 9.59 Å². The molecule has 1 aliphatic heterocycles. The van der Waals surface area contributed by atoms with Crippen LogP contribution in [0.2, 0.25) is 5.02 Å². The van der Waals surface area contributed by atoms with Crippen molar-refractivity contribution in [3.63, 3.8) is 0 Å². The lowest BCUT2D eigenvalue weighted by Crippen LogP contribution is -2.43. The van der Waals surface area contributed by atoms with Crippen molar-refractivity contribution < 1.29 is 14.3 Å². The van der Waals surface area contributed by atoms with Crippen LogP contribution in [0.25, 0.3) is 0 Å². The van der Waals surface area contributed by atoms with Gasteiger partial charge >= 0.3 is 0 Å². The first-order chi connectivity index (χ1) is 14.4. The molecule has 1 heterocycles. The second-order valence-electron chi connectivity index (χ2n) is 9.32. The molecule has 1 N–H and O–H groups in total. The highest BCUT2D eigenvalue weighted by molar-refractivity contribution is 6.32. The number of hydrogen-bond acceptors (Lipinski definition) is 4. The first-order valence-electron chi connectivity index (χ1n) is 11.1. The molecule has 164 valence electrons. The Hall–Kier alpha value is -1.79. The highest BCUT2D eigenvalue weighted by Crippen LogP contribution is 2.66. The zero-order chi connectivity index (χ0) is 21.3. The van der Waals surface area contributed by atoms with Gasteiger partial charge in [-0.15, -0.1) is 0 Å². The molecule has 0 radical (unpaired) electrons. The zero-order valence-electron chi connectivity index (χ0n) is 18.0. The number of benzene rings is 1. The average Bonchev–Trinajstić information content (AvgIpc) is 3.46. The predicted molar refractivity (Wildman–Crippen MR) is 117 cm³/mol. The molecule has 1 aromatic rings. The van der Waals surface area contributed by atoms with E-state index in [0.29, 0.717) is 34.2 Å². The summed E-state index contributed by atoms with van der Waals surface area (Å²) >= 11 is 6.38. The van der Waals surface area contributed by atoms with E-state index in [-0.39, 0.29) is 17.9 Å². The first kappa shape index (κ1) is 21.4. The third-order valence-electron chi connectivity index (χ3n) is 6.92. The monoisotopic (exact) mass is 433 g/mol. The van der Waals surface area contributed by atoms with Crippen LogP contribution >= 0.6 is 11.6 Å². The number of rotatable bonds is 7. The maximum atomic E-state index is 12.7.